The van der Waals surface area contributed by atoms with Crippen LogP contribution in [0.3, 0.4) is 0 Å². The van der Waals surface area contributed by atoms with Crippen LogP contribution in [0.4, 0.5) is 0 Å². The Balaban J connectivity index is 1.89. The normalized spacial score (nSPS) is 16.0. The molecule has 1 aromatic rings. The van der Waals surface area contributed by atoms with Crippen molar-refractivity contribution >= 4 is 11.9 Å². The molecule has 1 amide bonds. The highest BCUT2D eigenvalue weighted by atomic mass is 16.4. The lowest BCUT2D eigenvalue weighted by Gasteiger charge is -2.31. The first kappa shape index (κ1) is 15.5. The van der Waals surface area contributed by atoms with Crippen molar-refractivity contribution in [2.45, 2.75) is 39.0 Å². The van der Waals surface area contributed by atoms with E-state index >= 15 is 0 Å². The molecule has 2 rings (SSSR count). The summed E-state index contributed by atoms with van der Waals surface area (Å²) >= 11 is 0. The van der Waals surface area contributed by atoms with Gasteiger partial charge in [0, 0.05) is 19.5 Å². The topological polar surface area (TPSA) is 57.6 Å². The van der Waals surface area contributed by atoms with E-state index in [-0.39, 0.29) is 18.2 Å². The van der Waals surface area contributed by atoms with E-state index in [9.17, 15) is 9.59 Å². The number of carboxylic acids is 1. The van der Waals surface area contributed by atoms with Gasteiger partial charge in [-0.1, -0.05) is 31.2 Å². The number of hydrogen-bond acceptors (Lipinski definition) is 2. The largest absolute Gasteiger partial charge is 0.481 e. The van der Waals surface area contributed by atoms with E-state index in [0.29, 0.717) is 19.5 Å². The minimum Gasteiger partial charge on any atom is -0.481 e. The Hall–Kier alpha value is -1.84. The average Bonchev–Trinajstić information content (AvgIpc) is 2.48. The van der Waals surface area contributed by atoms with Crippen LogP contribution in [0.1, 0.15) is 37.3 Å². The number of carbonyl (C=O) groups excluding carboxylic acids is 1. The van der Waals surface area contributed by atoms with Crippen molar-refractivity contribution in [3.05, 3.63) is 35.4 Å². The lowest BCUT2D eigenvalue weighted by Crippen LogP contribution is -2.39. The summed E-state index contributed by atoms with van der Waals surface area (Å²) in [5.74, 6) is -0.365. The van der Waals surface area contributed by atoms with Gasteiger partial charge in [-0.2, -0.15) is 0 Å². The van der Waals surface area contributed by atoms with Gasteiger partial charge >= 0.3 is 5.97 Å². The highest BCUT2D eigenvalue weighted by Gasteiger charge is 2.24. The Morgan fingerprint density at radius 2 is 1.81 bits per heavy atom. The fourth-order valence-electron chi connectivity index (χ4n) is 2.98. The number of benzene rings is 1. The zero-order valence-electron chi connectivity index (χ0n) is 12.5. The van der Waals surface area contributed by atoms with Crippen LogP contribution in [-0.4, -0.2) is 35.0 Å². The molecule has 0 unspecified atom stereocenters. The number of hydrogen-bond donors (Lipinski definition) is 1. The summed E-state index contributed by atoms with van der Waals surface area (Å²) in [4.78, 5) is 25.0. The van der Waals surface area contributed by atoms with Crippen molar-refractivity contribution in [3.63, 3.8) is 0 Å². The Kier molecular flexibility index (Phi) is 5.37. The summed E-state index contributed by atoms with van der Waals surface area (Å²) < 4.78 is 0. The second kappa shape index (κ2) is 7.25. The summed E-state index contributed by atoms with van der Waals surface area (Å²) in [5.41, 5.74) is 2.34. The molecule has 1 heterocycles. The quantitative estimate of drug-likeness (QED) is 0.906. The Morgan fingerprint density at radius 3 is 2.38 bits per heavy atom. The Morgan fingerprint density at radius 1 is 1.19 bits per heavy atom. The van der Waals surface area contributed by atoms with Crippen molar-refractivity contribution in [1.29, 1.82) is 0 Å². The van der Waals surface area contributed by atoms with Crippen LogP contribution in [0.2, 0.25) is 0 Å². The summed E-state index contributed by atoms with van der Waals surface area (Å²) in [6, 6.07) is 8.07. The van der Waals surface area contributed by atoms with Crippen molar-refractivity contribution in [2.24, 2.45) is 5.92 Å². The second-order valence-corrected chi connectivity index (χ2v) is 5.72. The number of amides is 1. The van der Waals surface area contributed by atoms with E-state index in [1.165, 1.54) is 5.56 Å². The predicted molar refractivity (Wildman–Crippen MR) is 81.1 cm³/mol. The summed E-state index contributed by atoms with van der Waals surface area (Å²) in [5, 5.41) is 8.81. The molecule has 1 saturated heterocycles. The van der Waals surface area contributed by atoms with Gasteiger partial charge in [-0.25, -0.2) is 0 Å². The highest BCUT2D eigenvalue weighted by Crippen LogP contribution is 2.21. The smallest absolute Gasteiger partial charge is 0.303 e. The zero-order valence-corrected chi connectivity index (χ0v) is 12.5. The third-order valence-corrected chi connectivity index (χ3v) is 4.27. The molecule has 0 atom stereocenters. The fourth-order valence-corrected chi connectivity index (χ4v) is 2.98. The maximum Gasteiger partial charge on any atom is 0.303 e. The number of carboxylic acid groups (broad SMARTS) is 1. The monoisotopic (exact) mass is 289 g/mol. The third kappa shape index (κ3) is 4.31. The fraction of sp³-hybridized carbons (Fsp3) is 0.529. The molecule has 1 aromatic carbocycles. The number of likely N-dealkylation sites (tertiary alicyclic amines) is 1. The number of nitrogens with zero attached hydrogens (tertiary/aromatic N) is 1. The van der Waals surface area contributed by atoms with Crippen LogP contribution in [0.25, 0.3) is 0 Å². The molecular formula is C17H23NO3. The van der Waals surface area contributed by atoms with E-state index in [1.54, 1.807) is 0 Å². The summed E-state index contributed by atoms with van der Waals surface area (Å²) in [7, 11) is 0. The highest BCUT2D eigenvalue weighted by molar-refractivity contribution is 5.79. The SMILES string of the molecule is CCc1ccccc1CC(=O)N1CCC(CC(=O)O)CC1. The molecule has 1 aliphatic heterocycles. The van der Waals surface area contributed by atoms with Gasteiger partial charge in [0.05, 0.1) is 6.42 Å². The molecule has 21 heavy (non-hydrogen) atoms. The zero-order chi connectivity index (χ0) is 15.2. The number of rotatable bonds is 5. The van der Waals surface area contributed by atoms with Crippen molar-refractivity contribution in [1.82, 2.24) is 4.90 Å². The van der Waals surface area contributed by atoms with E-state index in [4.69, 9.17) is 5.11 Å². The Labute approximate surface area is 125 Å². The molecular weight excluding hydrogens is 266 g/mol. The molecule has 1 N–H and O–H groups in total. The molecule has 114 valence electrons. The van der Waals surface area contributed by atoms with Crippen LogP contribution >= 0.6 is 0 Å². The molecule has 4 heteroatoms. The third-order valence-electron chi connectivity index (χ3n) is 4.27. The lowest BCUT2D eigenvalue weighted by atomic mass is 9.93. The van der Waals surface area contributed by atoms with E-state index in [1.807, 2.05) is 23.1 Å². The molecule has 0 bridgehead atoms. The van der Waals surface area contributed by atoms with Gasteiger partial charge in [0.2, 0.25) is 5.91 Å². The van der Waals surface area contributed by atoms with Crippen molar-refractivity contribution in [3.8, 4) is 0 Å². The maximum atomic E-state index is 12.4. The van der Waals surface area contributed by atoms with E-state index in [2.05, 4.69) is 13.0 Å². The van der Waals surface area contributed by atoms with Gasteiger partial charge in [0.1, 0.15) is 0 Å². The van der Waals surface area contributed by atoms with Crippen LogP contribution in [-0.2, 0) is 22.4 Å². The van der Waals surface area contributed by atoms with Crippen molar-refractivity contribution in [2.75, 3.05) is 13.1 Å². The van der Waals surface area contributed by atoms with Gasteiger partial charge in [0.25, 0.3) is 0 Å². The van der Waals surface area contributed by atoms with Crippen LogP contribution in [0.15, 0.2) is 24.3 Å². The standard InChI is InChI=1S/C17H23NO3/c1-2-14-5-3-4-6-15(14)12-16(19)18-9-7-13(8-10-18)11-17(20)21/h3-6,13H,2,7-12H2,1H3,(H,20,21). The van der Waals surface area contributed by atoms with Gasteiger partial charge in [-0.05, 0) is 36.3 Å². The minimum absolute atomic E-state index is 0.157. The number of piperidine rings is 1. The molecule has 0 radical (unpaired) electrons. The molecule has 0 aliphatic carbocycles. The first-order valence-corrected chi connectivity index (χ1v) is 7.66. The number of aliphatic carboxylic acids is 1. The van der Waals surface area contributed by atoms with Crippen LogP contribution < -0.4 is 0 Å². The van der Waals surface area contributed by atoms with Gasteiger partial charge in [-0.15, -0.1) is 0 Å². The van der Waals surface area contributed by atoms with Crippen LogP contribution in [0, 0.1) is 5.92 Å². The van der Waals surface area contributed by atoms with Crippen LogP contribution in [0.5, 0.6) is 0 Å². The number of aryl methyl sites for hydroxylation is 1. The molecule has 0 aromatic heterocycles. The van der Waals surface area contributed by atoms with Gasteiger partial charge in [-0.3, -0.25) is 9.59 Å². The molecule has 4 nitrogen and oxygen atoms in total. The van der Waals surface area contributed by atoms with Crippen molar-refractivity contribution < 1.29 is 14.7 Å². The van der Waals surface area contributed by atoms with Gasteiger partial charge in [0.15, 0.2) is 0 Å². The molecule has 0 saturated carbocycles. The molecule has 1 aliphatic rings. The summed E-state index contributed by atoms with van der Waals surface area (Å²) in [6.45, 7) is 3.47. The maximum absolute atomic E-state index is 12.4. The van der Waals surface area contributed by atoms with E-state index < -0.39 is 5.97 Å². The lowest BCUT2D eigenvalue weighted by molar-refractivity contribution is -0.138. The number of carbonyl (C=O) groups is 2. The predicted octanol–water partition coefficient (Wildman–Crippen LogP) is 2.50. The minimum atomic E-state index is -0.739. The second-order valence-electron chi connectivity index (χ2n) is 5.72. The molecule has 1 fully saturated rings. The van der Waals surface area contributed by atoms with Gasteiger partial charge < -0.3 is 10.0 Å². The van der Waals surface area contributed by atoms with E-state index in [0.717, 1.165) is 24.8 Å². The summed E-state index contributed by atoms with van der Waals surface area (Å²) in [6.07, 6.45) is 3.21. The Bertz CT molecular complexity index is 505. The first-order valence-electron chi connectivity index (χ1n) is 7.66. The molecule has 0 spiro atoms. The first-order chi connectivity index (χ1) is 10.1. The average molecular weight is 289 g/mol.